The van der Waals surface area contributed by atoms with E-state index in [9.17, 15) is 4.79 Å². The smallest absolute Gasteiger partial charge is 0.243 e. The second-order valence-electron chi connectivity index (χ2n) is 5.77. The molecule has 0 heterocycles. The molecule has 0 aliphatic heterocycles. The van der Waals surface area contributed by atoms with E-state index in [4.69, 9.17) is 4.74 Å². The van der Waals surface area contributed by atoms with Gasteiger partial charge in [-0.3, -0.25) is 9.79 Å². The fourth-order valence-electron chi connectivity index (χ4n) is 2.19. The Hall–Kier alpha value is -1.35. The van der Waals surface area contributed by atoms with E-state index in [-0.39, 0.29) is 36.4 Å². The van der Waals surface area contributed by atoms with E-state index in [0.717, 1.165) is 51.1 Å². The second-order valence-corrected chi connectivity index (χ2v) is 5.77. The lowest BCUT2D eigenvalue weighted by Gasteiger charge is -2.12. The summed E-state index contributed by atoms with van der Waals surface area (Å²) >= 11 is 0. The number of unbranched alkanes of at least 4 members (excludes halogenated alkanes) is 1. The SMILES string of the molecule is CCCCOCCCNC(=NC)NCC(=O)Nc1cccc(CC)c1.I. The molecule has 0 aromatic heterocycles. The number of halogens is 1. The Kier molecular flexibility index (Phi) is 15.0. The molecule has 0 aliphatic carbocycles. The number of guanidine groups is 1. The summed E-state index contributed by atoms with van der Waals surface area (Å²) in [6.45, 7) is 6.72. The predicted octanol–water partition coefficient (Wildman–Crippen LogP) is 3.18. The number of amides is 1. The van der Waals surface area contributed by atoms with Gasteiger partial charge in [-0.2, -0.15) is 0 Å². The highest BCUT2D eigenvalue weighted by Gasteiger charge is 2.04. The monoisotopic (exact) mass is 476 g/mol. The van der Waals surface area contributed by atoms with E-state index in [0.29, 0.717) is 5.96 Å². The average molecular weight is 476 g/mol. The van der Waals surface area contributed by atoms with Gasteiger partial charge in [-0.1, -0.05) is 32.4 Å². The van der Waals surface area contributed by atoms with Gasteiger partial charge in [-0.15, -0.1) is 24.0 Å². The number of nitrogens with zero attached hydrogens (tertiary/aromatic N) is 1. The van der Waals surface area contributed by atoms with Gasteiger partial charge in [0.15, 0.2) is 5.96 Å². The van der Waals surface area contributed by atoms with Gasteiger partial charge in [0.2, 0.25) is 5.91 Å². The van der Waals surface area contributed by atoms with Crippen LogP contribution in [0.4, 0.5) is 5.69 Å². The highest BCUT2D eigenvalue weighted by molar-refractivity contribution is 14.0. The minimum atomic E-state index is -0.0981. The second kappa shape index (κ2) is 15.9. The first-order valence-electron chi connectivity index (χ1n) is 9.10. The maximum atomic E-state index is 12.0. The molecule has 1 amide bonds. The summed E-state index contributed by atoms with van der Waals surface area (Å²) in [7, 11) is 1.69. The summed E-state index contributed by atoms with van der Waals surface area (Å²) in [6, 6.07) is 7.88. The topological polar surface area (TPSA) is 74.8 Å². The van der Waals surface area contributed by atoms with Crippen LogP contribution in [0.3, 0.4) is 0 Å². The van der Waals surface area contributed by atoms with Gasteiger partial charge >= 0.3 is 0 Å². The van der Waals surface area contributed by atoms with Crippen LogP contribution >= 0.6 is 24.0 Å². The number of nitrogens with one attached hydrogen (secondary N) is 3. The molecule has 3 N–H and O–H groups in total. The molecular formula is C19H33IN4O2. The number of aliphatic imine (C=N–C) groups is 1. The van der Waals surface area contributed by atoms with Crippen molar-refractivity contribution in [3.05, 3.63) is 29.8 Å². The molecule has 0 aliphatic rings. The van der Waals surface area contributed by atoms with E-state index < -0.39 is 0 Å². The Bertz CT molecular complexity index is 538. The molecule has 0 saturated carbocycles. The molecule has 0 unspecified atom stereocenters. The third-order valence-corrected chi connectivity index (χ3v) is 3.66. The summed E-state index contributed by atoms with van der Waals surface area (Å²) in [4.78, 5) is 16.1. The van der Waals surface area contributed by atoms with Gasteiger partial charge in [-0.05, 0) is 37.0 Å². The van der Waals surface area contributed by atoms with Crippen LogP contribution in [0.1, 0.15) is 38.7 Å². The van der Waals surface area contributed by atoms with Crippen molar-refractivity contribution in [2.24, 2.45) is 4.99 Å². The van der Waals surface area contributed by atoms with Crippen LogP contribution in [0.25, 0.3) is 0 Å². The summed E-state index contributed by atoms with van der Waals surface area (Å²) in [5.74, 6) is 0.519. The van der Waals surface area contributed by atoms with Crippen LogP contribution < -0.4 is 16.0 Å². The Morgan fingerprint density at radius 3 is 2.62 bits per heavy atom. The Morgan fingerprint density at radius 1 is 1.15 bits per heavy atom. The summed E-state index contributed by atoms with van der Waals surface area (Å²) in [5, 5.41) is 9.08. The lowest BCUT2D eigenvalue weighted by atomic mass is 10.1. The molecule has 0 bridgehead atoms. The van der Waals surface area contributed by atoms with Gasteiger partial charge < -0.3 is 20.7 Å². The predicted molar refractivity (Wildman–Crippen MR) is 120 cm³/mol. The number of carbonyl (C=O) groups is 1. The molecule has 1 aromatic rings. The molecule has 0 radical (unpaired) electrons. The van der Waals surface area contributed by atoms with Crippen molar-refractivity contribution in [2.45, 2.75) is 39.5 Å². The van der Waals surface area contributed by atoms with Crippen molar-refractivity contribution in [3.63, 3.8) is 0 Å². The molecule has 1 rings (SSSR count). The van der Waals surface area contributed by atoms with Crippen molar-refractivity contribution in [1.82, 2.24) is 10.6 Å². The van der Waals surface area contributed by atoms with E-state index >= 15 is 0 Å². The molecule has 0 saturated heterocycles. The third-order valence-electron chi connectivity index (χ3n) is 3.66. The van der Waals surface area contributed by atoms with Crippen LogP contribution in [0.15, 0.2) is 29.3 Å². The number of carbonyl (C=O) groups excluding carboxylic acids is 1. The standard InChI is InChI=1S/C19H32N4O2.HI/c1-4-6-12-25-13-8-11-21-19(20-3)22-15-18(24)23-17-10-7-9-16(5-2)14-17;/h7,9-10,14H,4-6,8,11-13,15H2,1-3H3,(H,23,24)(H2,20,21,22);1H. The minimum Gasteiger partial charge on any atom is -0.381 e. The van der Waals surface area contributed by atoms with Gasteiger partial charge in [0, 0.05) is 32.5 Å². The number of benzene rings is 1. The van der Waals surface area contributed by atoms with Gasteiger partial charge in [0.25, 0.3) is 0 Å². The van der Waals surface area contributed by atoms with Crippen LogP contribution in [0.2, 0.25) is 0 Å². The van der Waals surface area contributed by atoms with E-state index in [2.05, 4.69) is 34.8 Å². The molecule has 148 valence electrons. The normalized spacial score (nSPS) is 10.8. The number of ether oxygens (including phenoxy) is 1. The van der Waals surface area contributed by atoms with Crippen LogP contribution in [0.5, 0.6) is 0 Å². The highest BCUT2D eigenvalue weighted by Crippen LogP contribution is 2.10. The van der Waals surface area contributed by atoms with Crippen molar-refractivity contribution in [3.8, 4) is 0 Å². The molecule has 6 nitrogen and oxygen atoms in total. The van der Waals surface area contributed by atoms with Crippen LogP contribution in [-0.4, -0.2) is 45.2 Å². The average Bonchev–Trinajstić information content (AvgIpc) is 2.63. The zero-order chi connectivity index (χ0) is 18.3. The van der Waals surface area contributed by atoms with Crippen LogP contribution in [0, 0.1) is 0 Å². The van der Waals surface area contributed by atoms with E-state index in [1.165, 1.54) is 5.56 Å². The van der Waals surface area contributed by atoms with Crippen molar-refractivity contribution >= 4 is 41.5 Å². The zero-order valence-corrected chi connectivity index (χ0v) is 18.5. The fourth-order valence-corrected chi connectivity index (χ4v) is 2.19. The number of aryl methyl sites for hydroxylation is 1. The van der Waals surface area contributed by atoms with Gasteiger partial charge in [0.05, 0.1) is 6.54 Å². The molecule has 26 heavy (non-hydrogen) atoms. The number of rotatable bonds is 11. The summed E-state index contributed by atoms with van der Waals surface area (Å²) in [5.41, 5.74) is 2.02. The Morgan fingerprint density at radius 2 is 1.92 bits per heavy atom. The first-order chi connectivity index (χ1) is 12.2. The largest absolute Gasteiger partial charge is 0.381 e. The lowest BCUT2D eigenvalue weighted by Crippen LogP contribution is -2.41. The third kappa shape index (κ3) is 11.3. The van der Waals surface area contributed by atoms with Crippen molar-refractivity contribution < 1.29 is 9.53 Å². The van der Waals surface area contributed by atoms with Crippen molar-refractivity contribution in [2.75, 3.05) is 38.7 Å². The minimum absolute atomic E-state index is 0. The molecule has 7 heteroatoms. The maximum absolute atomic E-state index is 12.0. The first-order valence-corrected chi connectivity index (χ1v) is 9.10. The molecule has 0 spiro atoms. The van der Waals surface area contributed by atoms with E-state index in [1.54, 1.807) is 7.05 Å². The number of hydrogen-bond acceptors (Lipinski definition) is 3. The summed E-state index contributed by atoms with van der Waals surface area (Å²) < 4.78 is 5.51. The highest BCUT2D eigenvalue weighted by atomic mass is 127. The summed E-state index contributed by atoms with van der Waals surface area (Å²) in [6.07, 6.45) is 4.10. The number of anilines is 1. The number of hydrogen-bond donors (Lipinski definition) is 3. The van der Waals surface area contributed by atoms with Gasteiger partial charge in [0.1, 0.15) is 0 Å². The van der Waals surface area contributed by atoms with Crippen LogP contribution in [-0.2, 0) is 16.0 Å². The zero-order valence-electron chi connectivity index (χ0n) is 16.1. The Labute approximate surface area is 174 Å². The maximum Gasteiger partial charge on any atom is 0.243 e. The molecule has 0 fully saturated rings. The molecule has 0 atom stereocenters. The Balaban J connectivity index is 0.00000625. The fraction of sp³-hybridized carbons (Fsp3) is 0.579. The lowest BCUT2D eigenvalue weighted by molar-refractivity contribution is -0.115. The van der Waals surface area contributed by atoms with Gasteiger partial charge in [-0.25, -0.2) is 0 Å². The van der Waals surface area contributed by atoms with Crippen molar-refractivity contribution in [1.29, 1.82) is 0 Å². The quantitative estimate of drug-likeness (QED) is 0.199. The van der Waals surface area contributed by atoms with E-state index in [1.807, 2.05) is 24.3 Å². The molecule has 1 aromatic carbocycles. The molecular weight excluding hydrogens is 443 g/mol. The first kappa shape index (κ1) is 24.7.